The number of carbonyl (C=O) groups excluding carboxylic acids is 1. The molecule has 0 spiro atoms. The molecule has 7 heteroatoms. The van der Waals surface area contributed by atoms with Crippen LogP contribution in [0.5, 0.6) is 17.2 Å². The average molecular weight is 422 g/mol. The van der Waals surface area contributed by atoms with Crippen LogP contribution in [0.25, 0.3) is 0 Å². The lowest BCUT2D eigenvalue weighted by Gasteiger charge is -2.14. The van der Waals surface area contributed by atoms with E-state index in [0.717, 1.165) is 11.3 Å². The first-order valence-electron chi connectivity index (χ1n) is 9.89. The molecule has 0 heterocycles. The lowest BCUT2D eigenvalue weighted by molar-refractivity contribution is 0.108. The van der Waals surface area contributed by atoms with Gasteiger partial charge in [0.25, 0.3) is 0 Å². The molecular weight excluding hydrogens is 396 g/mol. The molecule has 3 rings (SSSR count). The van der Waals surface area contributed by atoms with Crippen molar-refractivity contribution < 1.29 is 24.1 Å². The Kier molecular flexibility index (Phi) is 8.13. The number of anilines is 1. The van der Waals surface area contributed by atoms with Crippen molar-refractivity contribution in [3.63, 3.8) is 0 Å². The van der Waals surface area contributed by atoms with E-state index in [1.165, 1.54) is 0 Å². The van der Waals surface area contributed by atoms with Crippen LogP contribution in [0.2, 0.25) is 0 Å². The Morgan fingerprint density at radius 1 is 0.871 bits per heavy atom. The number of nitrogens with one attached hydrogen (secondary N) is 2. The maximum atomic E-state index is 12.0. The highest BCUT2D eigenvalue weighted by molar-refractivity contribution is 5.89. The number of ether oxygens (including phenoxy) is 3. The molecule has 1 atom stereocenters. The van der Waals surface area contributed by atoms with Gasteiger partial charge in [-0.05, 0) is 54.1 Å². The number of benzene rings is 3. The third-order valence-electron chi connectivity index (χ3n) is 4.36. The van der Waals surface area contributed by atoms with Crippen molar-refractivity contribution in [2.24, 2.45) is 0 Å². The van der Waals surface area contributed by atoms with E-state index >= 15 is 0 Å². The molecule has 0 radical (unpaired) electrons. The largest absolute Gasteiger partial charge is 0.497 e. The molecule has 2 amide bonds. The number of aliphatic hydroxyl groups excluding tert-OH is 1. The molecule has 7 nitrogen and oxygen atoms in total. The molecule has 0 aliphatic heterocycles. The molecule has 3 aromatic carbocycles. The molecule has 0 fully saturated rings. The quantitative estimate of drug-likeness (QED) is 0.462. The van der Waals surface area contributed by atoms with Crippen molar-refractivity contribution >= 4 is 11.7 Å². The van der Waals surface area contributed by atoms with Crippen molar-refractivity contribution in [1.29, 1.82) is 0 Å². The SMILES string of the molecule is COc1ccc(OC[C@H](O)CNC(=O)Nc2ccc(OCc3ccccc3)cc2)cc1. The number of rotatable bonds is 10. The van der Waals surface area contributed by atoms with E-state index in [0.29, 0.717) is 23.8 Å². The molecule has 3 aromatic rings. The summed E-state index contributed by atoms with van der Waals surface area (Å²) < 4.78 is 16.3. The van der Waals surface area contributed by atoms with Crippen LogP contribution in [0.1, 0.15) is 5.56 Å². The molecule has 0 aliphatic carbocycles. The highest BCUT2D eigenvalue weighted by Crippen LogP contribution is 2.18. The Hall–Kier alpha value is -3.71. The van der Waals surface area contributed by atoms with E-state index in [1.54, 1.807) is 55.6 Å². The summed E-state index contributed by atoms with van der Waals surface area (Å²) in [5, 5.41) is 15.3. The number of methoxy groups -OCH3 is 1. The van der Waals surface area contributed by atoms with Crippen LogP contribution < -0.4 is 24.8 Å². The summed E-state index contributed by atoms with van der Waals surface area (Å²) >= 11 is 0. The summed E-state index contributed by atoms with van der Waals surface area (Å²) in [5.74, 6) is 2.04. The van der Waals surface area contributed by atoms with Crippen LogP contribution in [0.15, 0.2) is 78.9 Å². The summed E-state index contributed by atoms with van der Waals surface area (Å²) in [4.78, 5) is 12.0. The smallest absolute Gasteiger partial charge is 0.319 e. The topological polar surface area (TPSA) is 89.0 Å². The van der Waals surface area contributed by atoms with E-state index in [9.17, 15) is 9.90 Å². The van der Waals surface area contributed by atoms with Crippen LogP contribution in [0.4, 0.5) is 10.5 Å². The number of amides is 2. The van der Waals surface area contributed by atoms with Gasteiger partial charge in [-0.25, -0.2) is 4.79 Å². The zero-order valence-electron chi connectivity index (χ0n) is 17.3. The highest BCUT2D eigenvalue weighted by Gasteiger charge is 2.09. The van der Waals surface area contributed by atoms with Gasteiger partial charge in [-0.2, -0.15) is 0 Å². The van der Waals surface area contributed by atoms with Crippen molar-refractivity contribution in [2.45, 2.75) is 12.7 Å². The molecule has 3 N–H and O–H groups in total. The third kappa shape index (κ3) is 7.56. The van der Waals surface area contributed by atoms with Gasteiger partial charge < -0.3 is 30.0 Å². The van der Waals surface area contributed by atoms with Crippen molar-refractivity contribution in [3.8, 4) is 17.2 Å². The molecule has 31 heavy (non-hydrogen) atoms. The van der Waals surface area contributed by atoms with E-state index in [4.69, 9.17) is 14.2 Å². The van der Waals surface area contributed by atoms with Gasteiger partial charge in [0.05, 0.1) is 7.11 Å². The second kappa shape index (κ2) is 11.5. The lowest BCUT2D eigenvalue weighted by atomic mass is 10.2. The molecule has 0 unspecified atom stereocenters. The Morgan fingerprint density at radius 2 is 1.48 bits per heavy atom. The van der Waals surface area contributed by atoms with Gasteiger partial charge >= 0.3 is 6.03 Å². The summed E-state index contributed by atoms with van der Waals surface area (Å²) in [7, 11) is 1.59. The Morgan fingerprint density at radius 3 is 2.16 bits per heavy atom. The van der Waals surface area contributed by atoms with Crippen LogP contribution in [-0.2, 0) is 6.61 Å². The Balaban J connectivity index is 1.35. The molecule has 0 aromatic heterocycles. The normalized spacial score (nSPS) is 11.3. The van der Waals surface area contributed by atoms with Crippen LogP contribution in [0.3, 0.4) is 0 Å². The number of carbonyl (C=O) groups is 1. The maximum Gasteiger partial charge on any atom is 0.319 e. The van der Waals surface area contributed by atoms with Crippen LogP contribution in [0, 0.1) is 0 Å². The molecule has 162 valence electrons. The van der Waals surface area contributed by atoms with Gasteiger partial charge in [0.1, 0.15) is 36.6 Å². The zero-order valence-corrected chi connectivity index (χ0v) is 17.3. The fourth-order valence-electron chi connectivity index (χ4n) is 2.68. The predicted molar refractivity (Wildman–Crippen MR) is 119 cm³/mol. The first-order valence-corrected chi connectivity index (χ1v) is 9.89. The number of hydrogen-bond donors (Lipinski definition) is 3. The fraction of sp³-hybridized carbons (Fsp3) is 0.208. The van der Waals surface area contributed by atoms with Gasteiger partial charge in [0.2, 0.25) is 0 Å². The van der Waals surface area contributed by atoms with Gasteiger partial charge in [0, 0.05) is 12.2 Å². The van der Waals surface area contributed by atoms with Gasteiger partial charge in [-0.3, -0.25) is 0 Å². The van der Waals surface area contributed by atoms with Gasteiger partial charge in [0.15, 0.2) is 0 Å². The van der Waals surface area contributed by atoms with Crippen molar-refractivity contribution in [1.82, 2.24) is 5.32 Å². The van der Waals surface area contributed by atoms with Crippen molar-refractivity contribution in [2.75, 3.05) is 25.6 Å². The van der Waals surface area contributed by atoms with Crippen molar-refractivity contribution in [3.05, 3.63) is 84.4 Å². The predicted octanol–water partition coefficient (Wildman–Crippen LogP) is 3.84. The number of hydrogen-bond acceptors (Lipinski definition) is 5. The summed E-state index contributed by atoms with van der Waals surface area (Å²) in [5.41, 5.74) is 1.70. The van der Waals surface area contributed by atoms with Gasteiger partial charge in [-0.15, -0.1) is 0 Å². The average Bonchev–Trinajstić information content (AvgIpc) is 2.82. The van der Waals surface area contributed by atoms with E-state index in [2.05, 4.69) is 10.6 Å². The maximum absolute atomic E-state index is 12.0. The van der Waals surface area contributed by atoms with Crippen LogP contribution >= 0.6 is 0 Å². The third-order valence-corrected chi connectivity index (χ3v) is 4.36. The Bertz CT molecular complexity index is 930. The standard InChI is InChI=1S/C24H26N2O5/c1-29-21-11-13-23(14-12-21)31-17-20(27)15-25-24(28)26-19-7-9-22(10-8-19)30-16-18-5-3-2-4-6-18/h2-14,20,27H,15-17H2,1H3,(H2,25,26,28)/t20-/m1/s1. The molecular formula is C24H26N2O5. The summed E-state index contributed by atoms with van der Waals surface area (Å²) in [6, 6.07) is 23.6. The molecule has 0 bridgehead atoms. The first kappa shape index (κ1) is 22.0. The van der Waals surface area contributed by atoms with Crippen LogP contribution in [-0.4, -0.2) is 37.5 Å². The number of aliphatic hydroxyl groups is 1. The minimum absolute atomic E-state index is 0.0556. The van der Waals surface area contributed by atoms with E-state index in [-0.39, 0.29) is 13.2 Å². The highest BCUT2D eigenvalue weighted by atomic mass is 16.5. The first-order chi connectivity index (χ1) is 15.1. The fourth-order valence-corrected chi connectivity index (χ4v) is 2.68. The molecule has 0 saturated heterocycles. The number of urea groups is 1. The minimum Gasteiger partial charge on any atom is -0.497 e. The Labute approximate surface area is 181 Å². The lowest BCUT2D eigenvalue weighted by Crippen LogP contribution is -2.37. The van der Waals surface area contributed by atoms with E-state index in [1.807, 2.05) is 30.3 Å². The summed E-state index contributed by atoms with van der Waals surface area (Å²) in [6.07, 6.45) is -0.846. The van der Waals surface area contributed by atoms with Gasteiger partial charge in [-0.1, -0.05) is 30.3 Å². The summed E-state index contributed by atoms with van der Waals surface area (Å²) in [6.45, 7) is 0.588. The van der Waals surface area contributed by atoms with E-state index < -0.39 is 12.1 Å². The second-order valence-electron chi connectivity index (χ2n) is 6.77. The molecule has 0 aliphatic rings. The zero-order chi connectivity index (χ0) is 21.9. The molecule has 0 saturated carbocycles. The second-order valence-corrected chi connectivity index (χ2v) is 6.77. The monoisotopic (exact) mass is 422 g/mol. The minimum atomic E-state index is -0.846.